The van der Waals surface area contributed by atoms with Gasteiger partial charge in [-0.2, -0.15) is 0 Å². The second-order valence-corrected chi connectivity index (χ2v) is 29.1. The van der Waals surface area contributed by atoms with E-state index < -0.39 is 0 Å². The summed E-state index contributed by atoms with van der Waals surface area (Å²) in [6.45, 7) is 2.32. The van der Waals surface area contributed by atoms with Gasteiger partial charge in [0.2, 0.25) is 0 Å². The summed E-state index contributed by atoms with van der Waals surface area (Å²) >= 11 is 0. The maximum Gasteiger partial charge on any atom is -0.0414 e. The third kappa shape index (κ3) is 70.8. The Morgan fingerprint density at radius 3 is 0.366 bits per heavy atom. The van der Waals surface area contributed by atoms with Crippen LogP contribution in [-0.4, -0.2) is 0 Å². The van der Waals surface area contributed by atoms with E-state index in [0.717, 1.165) is 5.92 Å². The molecule has 0 N–H and O–H groups in total. The number of unbranched alkanes of at least 4 members (excludes halogenated alkanes) is 73. The molecular weight excluding hydrogens is 985 g/mol. The Morgan fingerprint density at radius 2 is 0.244 bits per heavy atom. The van der Waals surface area contributed by atoms with Crippen LogP contribution in [0.2, 0.25) is 0 Å². The van der Waals surface area contributed by atoms with Gasteiger partial charge in [-0.15, -0.1) is 0 Å². The topological polar surface area (TPSA) is 0 Å². The summed E-state index contributed by atoms with van der Waals surface area (Å²) < 4.78 is 0. The molecule has 0 spiro atoms. The van der Waals surface area contributed by atoms with Crippen molar-refractivity contribution in [3.63, 3.8) is 0 Å². The summed E-state index contributed by atoms with van der Waals surface area (Å²) in [6, 6.07) is 0. The van der Waals surface area contributed by atoms with E-state index in [4.69, 9.17) is 0 Å². The van der Waals surface area contributed by atoms with Gasteiger partial charge in [-0.05, 0) is 5.92 Å². The largest absolute Gasteiger partial charge is 0.0654 e. The van der Waals surface area contributed by atoms with E-state index in [1.807, 2.05) is 0 Å². The van der Waals surface area contributed by atoms with Crippen LogP contribution in [0.1, 0.15) is 521 Å². The van der Waals surface area contributed by atoms with Gasteiger partial charge in [0.15, 0.2) is 0 Å². The molecule has 1 aliphatic rings. The van der Waals surface area contributed by atoms with E-state index in [9.17, 15) is 0 Å². The smallest absolute Gasteiger partial charge is 0.0414 e. The van der Waals surface area contributed by atoms with Crippen LogP contribution in [0.3, 0.4) is 0 Å². The average molecular weight is 1150 g/mol. The zero-order chi connectivity index (χ0) is 58.1. The number of hydrogen-bond donors (Lipinski definition) is 0. The Bertz CT molecular complexity index is 1050. The van der Waals surface area contributed by atoms with Crippen LogP contribution < -0.4 is 0 Å². The summed E-state index contributed by atoms with van der Waals surface area (Å²) in [5, 5.41) is 0. The Morgan fingerprint density at radius 1 is 0.134 bits per heavy atom. The third-order valence-corrected chi connectivity index (χ3v) is 20.7. The van der Waals surface area contributed by atoms with Gasteiger partial charge >= 0.3 is 0 Å². The van der Waals surface area contributed by atoms with Crippen LogP contribution in [0.5, 0.6) is 0 Å². The highest BCUT2D eigenvalue weighted by molar-refractivity contribution is 4.66. The highest BCUT2D eigenvalue weighted by atomic mass is 14.2. The molecule has 0 amide bonds. The molecular formula is C82H164. The Hall–Kier alpha value is 0. The molecule has 0 heterocycles. The molecule has 0 bridgehead atoms. The lowest BCUT2D eigenvalue weighted by atomic mass is 9.85. The minimum absolute atomic E-state index is 1.10. The van der Waals surface area contributed by atoms with Gasteiger partial charge in [-0.25, -0.2) is 0 Å². The molecule has 0 aromatic heterocycles. The second-order valence-electron chi connectivity index (χ2n) is 29.1. The molecule has 1 aliphatic carbocycles. The third-order valence-electron chi connectivity index (χ3n) is 20.7. The van der Waals surface area contributed by atoms with Gasteiger partial charge < -0.3 is 0 Å². The van der Waals surface area contributed by atoms with E-state index in [-0.39, 0.29) is 0 Å². The van der Waals surface area contributed by atoms with Gasteiger partial charge in [0.05, 0.1) is 0 Å². The lowest BCUT2D eigenvalue weighted by Crippen LogP contribution is -2.05. The van der Waals surface area contributed by atoms with E-state index >= 15 is 0 Å². The van der Waals surface area contributed by atoms with Gasteiger partial charge in [0, 0.05) is 0 Å². The van der Waals surface area contributed by atoms with Crippen molar-refractivity contribution in [2.45, 2.75) is 521 Å². The Labute approximate surface area is 523 Å². The standard InChI is InChI=1S/C82H164/c1-2-3-4-5-6-7-8-9-10-11-12-13-14-15-16-17-18-19-20-21-22-23-24-25-26-27-28-29-30-31-32-33-34-35-36-37-38-39-40-41-42-43-44-45-46-47-48-49-50-51-52-53-54-55-56-57-58-59-60-61-62-63-64-65-66-67-68-69-70-71-72-73-74-76-79-82-80-77-75-78-81-82/h82H,2-81H2,1H3. The van der Waals surface area contributed by atoms with Gasteiger partial charge in [0.1, 0.15) is 0 Å². The molecule has 0 saturated heterocycles. The van der Waals surface area contributed by atoms with Crippen molar-refractivity contribution < 1.29 is 0 Å². The Balaban J connectivity index is 1.58. The first-order chi connectivity index (χ1) is 40.9. The minimum atomic E-state index is 1.10. The lowest BCUT2D eigenvalue weighted by Gasteiger charge is -2.21. The second kappa shape index (κ2) is 75.3. The van der Waals surface area contributed by atoms with Crippen molar-refractivity contribution in [2.75, 3.05) is 0 Å². The first-order valence-corrected chi connectivity index (χ1v) is 40.9. The summed E-state index contributed by atoms with van der Waals surface area (Å²) in [5.41, 5.74) is 0. The van der Waals surface area contributed by atoms with E-state index in [2.05, 4.69) is 6.92 Å². The molecule has 0 radical (unpaired) electrons. The highest BCUT2D eigenvalue weighted by Gasteiger charge is 2.12. The van der Waals surface area contributed by atoms with Gasteiger partial charge in [0.25, 0.3) is 0 Å². The van der Waals surface area contributed by atoms with Crippen molar-refractivity contribution in [3.05, 3.63) is 0 Å². The molecule has 0 aromatic carbocycles. The quantitative estimate of drug-likeness (QED) is 0.0533. The van der Waals surface area contributed by atoms with Crippen LogP contribution in [-0.2, 0) is 0 Å². The predicted molar refractivity (Wildman–Crippen MR) is 379 cm³/mol. The molecule has 0 nitrogen and oxygen atoms in total. The zero-order valence-electron chi connectivity index (χ0n) is 58.1. The number of rotatable bonds is 75. The highest BCUT2D eigenvalue weighted by Crippen LogP contribution is 2.29. The van der Waals surface area contributed by atoms with Gasteiger partial charge in [-0.3, -0.25) is 0 Å². The van der Waals surface area contributed by atoms with Crippen molar-refractivity contribution in [1.82, 2.24) is 0 Å². The molecule has 0 aliphatic heterocycles. The van der Waals surface area contributed by atoms with Crippen LogP contribution >= 0.6 is 0 Å². The maximum absolute atomic E-state index is 2.32. The summed E-state index contributed by atoms with van der Waals surface area (Å²) in [5.74, 6) is 1.10. The molecule has 1 rings (SSSR count). The molecule has 0 aromatic rings. The molecule has 0 unspecified atom stereocenters. The Kier molecular flexibility index (Phi) is 73.4. The first-order valence-electron chi connectivity index (χ1n) is 40.9. The van der Waals surface area contributed by atoms with E-state index in [0.29, 0.717) is 0 Å². The maximum atomic E-state index is 2.32. The lowest BCUT2D eigenvalue weighted by molar-refractivity contribution is 0.328. The predicted octanol–water partition coefficient (Wildman–Crippen LogP) is 31.8. The monoisotopic (exact) mass is 1150 g/mol. The van der Waals surface area contributed by atoms with E-state index in [1.165, 1.54) is 494 Å². The van der Waals surface area contributed by atoms with Crippen LogP contribution in [0.25, 0.3) is 0 Å². The fourth-order valence-corrected chi connectivity index (χ4v) is 14.7. The summed E-state index contributed by atoms with van der Waals surface area (Å²) in [6.07, 6.45) is 120. The molecule has 1 fully saturated rings. The fourth-order valence-electron chi connectivity index (χ4n) is 14.7. The van der Waals surface area contributed by atoms with Crippen molar-refractivity contribution in [2.24, 2.45) is 5.92 Å². The molecule has 1 saturated carbocycles. The molecule has 0 atom stereocenters. The van der Waals surface area contributed by atoms with Crippen molar-refractivity contribution in [1.29, 1.82) is 0 Å². The summed E-state index contributed by atoms with van der Waals surface area (Å²) in [4.78, 5) is 0. The average Bonchev–Trinajstić information content (AvgIpc) is 3.49. The normalized spacial score (nSPS) is 13.1. The van der Waals surface area contributed by atoms with Crippen LogP contribution in [0.15, 0.2) is 0 Å². The fraction of sp³-hybridized carbons (Fsp3) is 1.00. The molecule has 492 valence electrons. The minimum Gasteiger partial charge on any atom is -0.0654 e. The van der Waals surface area contributed by atoms with E-state index in [1.54, 1.807) is 19.3 Å². The van der Waals surface area contributed by atoms with Crippen molar-refractivity contribution in [3.8, 4) is 0 Å². The van der Waals surface area contributed by atoms with Crippen LogP contribution in [0.4, 0.5) is 0 Å². The van der Waals surface area contributed by atoms with Crippen LogP contribution in [0, 0.1) is 5.92 Å². The zero-order valence-corrected chi connectivity index (χ0v) is 58.1. The van der Waals surface area contributed by atoms with Crippen molar-refractivity contribution >= 4 is 0 Å². The van der Waals surface area contributed by atoms with Gasteiger partial charge in [-0.1, -0.05) is 521 Å². The SMILES string of the molecule is CCCCCCCCCCCCCCCCCCCCCCCCCCCCCCCCCCCCCCCCCCCCCCCCCCCCCCCCCCCCCCCCCCCCCCCCCCCCC1CCCCC1. The number of hydrogen-bond acceptors (Lipinski definition) is 0. The summed E-state index contributed by atoms with van der Waals surface area (Å²) in [7, 11) is 0. The molecule has 82 heavy (non-hydrogen) atoms. The molecule has 0 heteroatoms. The first kappa shape index (κ1) is 80.0.